The Morgan fingerprint density at radius 3 is 2.29 bits per heavy atom. The molecular formula is C19H24BrN. The fourth-order valence-corrected chi connectivity index (χ4v) is 2.58. The van der Waals surface area contributed by atoms with Crippen molar-refractivity contribution in [3.63, 3.8) is 0 Å². The molecule has 0 aliphatic carbocycles. The summed E-state index contributed by atoms with van der Waals surface area (Å²) in [6.07, 6.45) is 11.5. The van der Waals surface area contributed by atoms with Crippen molar-refractivity contribution in [3.8, 4) is 17.9 Å². The molecule has 0 amide bonds. The molecule has 0 N–H and O–H groups in total. The molecule has 0 radical (unpaired) electrons. The van der Waals surface area contributed by atoms with Crippen LogP contribution in [0.3, 0.4) is 0 Å². The molecule has 0 fully saturated rings. The molecule has 0 bridgehead atoms. The largest absolute Gasteiger partial charge is 0.192 e. The van der Waals surface area contributed by atoms with Crippen molar-refractivity contribution in [3.05, 3.63) is 33.8 Å². The molecule has 0 atom stereocenters. The SMILES string of the molecule is CCCCCCCCCCC#Cc1cc(Br)ccc1C#N. The Morgan fingerprint density at radius 2 is 1.62 bits per heavy atom. The van der Waals surface area contributed by atoms with Crippen LogP contribution in [0.5, 0.6) is 0 Å². The van der Waals surface area contributed by atoms with Crippen molar-refractivity contribution in [2.45, 2.75) is 64.7 Å². The molecule has 0 saturated carbocycles. The summed E-state index contributed by atoms with van der Waals surface area (Å²) in [6.45, 7) is 2.25. The maximum absolute atomic E-state index is 9.04. The molecule has 1 nitrogen and oxygen atoms in total. The Balaban J connectivity index is 2.22. The summed E-state index contributed by atoms with van der Waals surface area (Å²) in [5.74, 6) is 6.31. The molecule has 1 aromatic carbocycles. The van der Waals surface area contributed by atoms with Crippen molar-refractivity contribution in [1.82, 2.24) is 0 Å². The highest BCUT2D eigenvalue weighted by molar-refractivity contribution is 9.10. The number of halogens is 1. The normalized spacial score (nSPS) is 9.76. The highest BCUT2D eigenvalue weighted by Crippen LogP contribution is 2.15. The van der Waals surface area contributed by atoms with Gasteiger partial charge in [-0.05, 0) is 24.6 Å². The number of unbranched alkanes of at least 4 members (excludes halogenated alkanes) is 8. The van der Waals surface area contributed by atoms with E-state index in [1.165, 1.54) is 44.9 Å². The highest BCUT2D eigenvalue weighted by Gasteiger charge is 1.98. The van der Waals surface area contributed by atoms with E-state index in [0.29, 0.717) is 5.56 Å². The molecule has 0 aliphatic heterocycles. The van der Waals surface area contributed by atoms with E-state index in [9.17, 15) is 0 Å². The first kappa shape index (κ1) is 17.8. The predicted octanol–water partition coefficient (Wildman–Crippen LogP) is 6.20. The van der Waals surface area contributed by atoms with Crippen molar-refractivity contribution in [2.75, 3.05) is 0 Å². The molecule has 1 aromatic rings. The van der Waals surface area contributed by atoms with Gasteiger partial charge in [-0.2, -0.15) is 5.26 Å². The summed E-state index contributed by atoms with van der Waals surface area (Å²) >= 11 is 3.42. The first-order valence-corrected chi connectivity index (χ1v) is 8.75. The van der Waals surface area contributed by atoms with Gasteiger partial charge in [-0.3, -0.25) is 0 Å². The third kappa shape index (κ3) is 7.93. The van der Waals surface area contributed by atoms with Crippen LogP contribution >= 0.6 is 15.9 Å². The summed E-state index contributed by atoms with van der Waals surface area (Å²) in [7, 11) is 0. The average Bonchev–Trinajstić information content (AvgIpc) is 2.49. The van der Waals surface area contributed by atoms with Gasteiger partial charge in [-0.25, -0.2) is 0 Å². The van der Waals surface area contributed by atoms with Gasteiger partial charge in [0.25, 0.3) is 0 Å². The molecule has 0 aromatic heterocycles. The van der Waals surface area contributed by atoms with Crippen LogP contribution < -0.4 is 0 Å². The van der Waals surface area contributed by atoms with Crippen molar-refractivity contribution in [2.24, 2.45) is 0 Å². The number of benzene rings is 1. The second-order valence-corrected chi connectivity index (χ2v) is 6.24. The van der Waals surface area contributed by atoms with Crippen LogP contribution in [-0.2, 0) is 0 Å². The van der Waals surface area contributed by atoms with Gasteiger partial charge in [-0.1, -0.05) is 79.6 Å². The van der Waals surface area contributed by atoms with Gasteiger partial charge in [0.1, 0.15) is 6.07 Å². The van der Waals surface area contributed by atoms with E-state index in [4.69, 9.17) is 5.26 Å². The Morgan fingerprint density at radius 1 is 0.952 bits per heavy atom. The average molecular weight is 346 g/mol. The zero-order valence-corrected chi connectivity index (χ0v) is 14.5. The van der Waals surface area contributed by atoms with Crippen LogP contribution in [0.15, 0.2) is 22.7 Å². The number of nitrogens with zero attached hydrogens (tertiary/aromatic N) is 1. The summed E-state index contributed by atoms with van der Waals surface area (Å²) in [5.41, 5.74) is 1.48. The molecule has 0 heterocycles. The summed E-state index contributed by atoms with van der Waals surface area (Å²) in [5, 5.41) is 9.04. The van der Waals surface area contributed by atoms with E-state index < -0.39 is 0 Å². The number of rotatable bonds is 8. The Bertz CT molecular complexity index is 517. The fraction of sp³-hybridized carbons (Fsp3) is 0.526. The standard InChI is InChI=1S/C19H24BrN/c1-2-3-4-5-6-7-8-9-10-11-12-17-15-19(20)14-13-18(17)16-21/h13-15H,2-10H2,1H3. The Hall–Kier alpha value is -1.25. The van der Waals surface area contributed by atoms with Crippen molar-refractivity contribution < 1.29 is 0 Å². The summed E-state index contributed by atoms with van der Waals surface area (Å²) < 4.78 is 0.970. The second kappa shape index (κ2) is 11.4. The lowest BCUT2D eigenvalue weighted by Gasteiger charge is -1.99. The molecule has 21 heavy (non-hydrogen) atoms. The Labute approximate surface area is 137 Å². The zero-order chi connectivity index (χ0) is 15.3. The minimum absolute atomic E-state index is 0.654. The van der Waals surface area contributed by atoms with E-state index in [-0.39, 0.29) is 0 Å². The molecule has 1 rings (SSSR count). The number of nitriles is 1. The quantitative estimate of drug-likeness (QED) is 0.406. The van der Waals surface area contributed by atoms with E-state index in [0.717, 1.165) is 22.9 Å². The van der Waals surface area contributed by atoms with Gasteiger partial charge in [0.05, 0.1) is 5.56 Å². The van der Waals surface area contributed by atoms with Crippen LogP contribution in [0.4, 0.5) is 0 Å². The van der Waals surface area contributed by atoms with Crippen LogP contribution in [-0.4, -0.2) is 0 Å². The van der Waals surface area contributed by atoms with Crippen LogP contribution in [0.25, 0.3) is 0 Å². The molecule has 0 spiro atoms. The lowest BCUT2D eigenvalue weighted by molar-refractivity contribution is 0.579. The van der Waals surface area contributed by atoms with Gasteiger partial charge in [0.15, 0.2) is 0 Å². The van der Waals surface area contributed by atoms with Crippen LogP contribution in [0, 0.1) is 23.2 Å². The van der Waals surface area contributed by atoms with E-state index in [1.54, 1.807) is 0 Å². The fourth-order valence-electron chi connectivity index (χ4n) is 2.22. The zero-order valence-electron chi connectivity index (χ0n) is 12.9. The monoisotopic (exact) mass is 345 g/mol. The van der Waals surface area contributed by atoms with Crippen molar-refractivity contribution in [1.29, 1.82) is 5.26 Å². The van der Waals surface area contributed by atoms with Gasteiger partial charge in [0.2, 0.25) is 0 Å². The predicted molar refractivity (Wildman–Crippen MR) is 93.0 cm³/mol. The first-order valence-electron chi connectivity index (χ1n) is 7.96. The van der Waals surface area contributed by atoms with E-state index in [1.807, 2.05) is 18.2 Å². The van der Waals surface area contributed by atoms with Gasteiger partial charge >= 0.3 is 0 Å². The number of hydrogen-bond acceptors (Lipinski definition) is 1. The third-order valence-corrected chi connectivity index (χ3v) is 3.97. The first-order chi connectivity index (χ1) is 10.3. The molecular weight excluding hydrogens is 322 g/mol. The van der Waals surface area contributed by atoms with Crippen molar-refractivity contribution >= 4 is 15.9 Å². The lowest BCUT2D eigenvalue weighted by atomic mass is 10.1. The summed E-state index contributed by atoms with van der Waals surface area (Å²) in [6, 6.07) is 7.79. The van der Waals surface area contributed by atoms with Gasteiger partial charge < -0.3 is 0 Å². The Kier molecular flexibility index (Phi) is 9.68. The third-order valence-electron chi connectivity index (χ3n) is 3.48. The maximum Gasteiger partial charge on any atom is 0.100 e. The van der Waals surface area contributed by atoms with Crippen LogP contribution in [0.1, 0.15) is 75.8 Å². The highest BCUT2D eigenvalue weighted by atomic mass is 79.9. The minimum atomic E-state index is 0.654. The molecule has 2 heteroatoms. The van der Waals surface area contributed by atoms with Gasteiger partial charge in [-0.15, -0.1) is 0 Å². The minimum Gasteiger partial charge on any atom is -0.192 e. The van der Waals surface area contributed by atoms with E-state index in [2.05, 4.69) is 40.8 Å². The maximum atomic E-state index is 9.04. The topological polar surface area (TPSA) is 23.8 Å². The molecule has 0 aliphatic rings. The summed E-state index contributed by atoms with van der Waals surface area (Å²) in [4.78, 5) is 0. The van der Waals surface area contributed by atoms with Gasteiger partial charge in [0, 0.05) is 16.5 Å². The molecule has 0 unspecified atom stereocenters. The number of hydrogen-bond donors (Lipinski definition) is 0. The lowest BCUT2D eigenvalue weighted by Crippen LogP contribution is -1.83. The molecule has 0 saturated heterocycles. The smallest absolute Gasteiger partial charge is 0.100 e. The van der Waals surface area contributed by atoms with Crippen LogP contribution in [0.2, 0.25) is 0 Å². The van der Waals surface area contributed by atoms with E-state index >= 15 is 0 Å². The second-order valence-electron chi connectivity index (χ2n) is 5.33. The molecule has 112 valence electrons.